The summed E-state index contributed by atoms with van der Waals surface area (Å²) in [5.41, 5.74) is 3.13. The van der Waals surface area contributed by atoms with Gasteiger partial charge in [0.1, 0.15) is 23.3 Å². The molecule has 1 amide bonds. The number of nitrogens with one attached hydrogen (secondary N) is 1. The highest BCUT2D eigenvalue weighted by molar-refractivity contribution is 5.92. The molecule has 174 valence electrons. The third kappa shape index (κ3) is 5.84. The van der Waals surface area contributed by atoms with Gasteiger partial charge in [0.15, 0.2) is 6.61 Å². The molecule has 6 heteroatoms. The van der Waals surface area contributed by atoms with Crippen molar-refractivity contribution < 1.29 is 18.7 Å². The average Bonchev–Trinajstić information content (AvgIpc) is 2.85. The Kier molecular flexibility index (Phi) is 7.28. The molecular weight excluding hydrogens is 430 g/mol. The molecule has 6 nitrogen and oxygen atoms in total. The summed E-state index contributed by atoms with van der Waals surface area (Å²) in [6, 6.07) is 20.0. The summed E-state index contributed by atoms with van der Waals surface area (Å²) in [6.07, 6.45) is 4.61. The molecule has 1 aromatic heterocycles. The summed E-state index contributed by atoms with van der Waals surface area (Å²) in [5.74, 6) is 0.807. The van der Waals surface area contributed by atoms with Crippen LogP contribution < -0.4 is 20.2 Å². The van der Waals surface area contributed by atoms with E-state index in [1.807, 2.05) is 43.3 Å². The number of anilines is 1. The number of carbonyl (C=O) groups excluding carboxylic acids is 1. The Morgan fingerprint density at radius 1 is 0.971 bits per heavy atom. The van der Waals surface area contributed by atoms with Crippen LogP contribution in [0, 0.1) is 6.92 Å². The van der Waals surface area contributed by atoms with Crippen molar-refractivity contribution >= 4 is 22.6 Å². The Morgan fingerprint density at radius 2 is 1.71 bits per heavy atom. The van der Waals surface area contributed by atoms with Crippen LogP contribution in [0.2, 0.25) is 0 Å². The Bertz CT molecular complexity index is 1320. The molecule has 0 saturated carbocycles. The van der Waals surface area contributed by atoms with E-state index in [1.54, 1.807) is 30.3 Å². The molecule has 0 unspecified atom stereocenters. The Balaban J connectivity index is 1.37. The highest BCUT2D eigenvalue weighted by Crippen LogP contribution is 2.24. The highest BCUT2D eigenvalue weighted by atomic mass is 16.5. The van der Waals surface area contributed by atoms with E-state index in [4.69, 9.17) is 13.9 Å². The van der Waals surface area contributed by atoms with Crippen molar-refractivity contribution in [3.8, 4) is 17.2 Å². The quantitative estimate of drug-likeness (QED) is 0.321. The first-order valence-corrected chi connectivity index (χ1v) is 11.3. The molecule has 4 rings (SSSR count). The van der Waals surface area contributed by atoms with Gasteiger partial charge in [0.25, 0.3) is 5.91 Å². The zero-order valence-electron chi connectivity index (χ0n) is 19.3. The van der Waals surface area contributed by atoms with Crippen LogP contribution in [0.15, 0.2) is 82.2 Å². The van der Waals surface area contributed by atoms with Crippen molar-refractivity contribution in [3.05, 3.63) is 94.3 Å². The van der Waals surface area contributed by atoms with E-state index in [0.717, 1.165) is 30.5 Å². The number of hydrogen-bond acceptors (Lipinski definition) is 5. The van der Waals surface area contributed by atoms with Gasteiger partial charge in [0.2, 0.25) is 11.2 Å². The van der Waals surface area contributed by atoms with Gasteiger partial charge in [0.05, 0.1) is 5.39 Å². The minimum Gasteiger partial charge on any atom is -0.484 e. The molecule has 4 aromatic rings. The van der Waals surface area contributed by atoms with Crippen LogP contribution in [0.3, 0.4) is 0 Å². The maximum atomic E-state index is 12.8. The SMILES string of the molecule is CCCCc1ccc(NC(=O)COc2ccc3c(=O)c(Oc4ccc(C)cc4)coc3c2)cc1. The van der Waals surface area contributed by atoms with E-state index < -0.39 is 0 Å². The molecule has 0 spiro atoms. The predicted octanol–water partition coefficient (Wildman–Crippen LogP) is 6.25. The van der Waals surface area contributed by atoms with Crippen LogP contribution in [0.5, 0.6) is 17.2 Å². The zero-order chi connectivity index (χ0) is 23.9. The summed E-state index contributed by atoms with van der Waals surface area (Å²) >= 11 is 0. The predicted molar refractivity (Wildman–Crippen MR) is 133 cm³/mol. The number of amides is 1. The van der Waals surface area contributed by atoms with Crippen LogP contribution >= 0.6 is 0 Å². The van der Waals surface area contributed by atoms with E-state index in [-0.39, 0.29) is 23.7 Å². The second kappa shape index (κ2) is 10.7. The summed E-state index contributed by atoms with van der Waals surface area (Å²) in [4.78, 5) is 25.0. The largest absolute Gasteiger partial charge is 0.484 e. The van der Waals surface area contributed by atoms with Crippen LogP contribution in [-0.4, -0.2) is 12.5 Å². The second-order valence-corrected chi connectivity index (χ2v) is 8.14. The number of hydrogen-bond donors (Lipinski definition) is 1. The molecule has 0 aliphatic carbocycles. The van der Waals surface area contributed by atoms with E-state index in [1.165, 1.54) is 11.8 Å². The molecule has 0 atom stereocenters. The standard InChI is InChI=1S/C28H27NO5/c1-3-4-5-20-8-10-21(11-9-20)29-27(30)18-32-23-14-15-24-25(16-23)33-17-26(28(24)31)34-22-12-6-19(2)7-13-22/h6-17H,3-5,18H2,1-2H3,(H,29,30). The van der Waals surface area contributed by atoms with Gasteiger partial charge in [-0.3, -0.25) is 9.59 Å². The number of rotatable bonds is 9. The Hall–Kier alpha value is -4.06. The molecule has 0 fully saturated rings. The van der Waals surface area contributed by atoms with Crippen LogP contribution in [0.4, 0.5) is 5.69 Å². The molecule has 0 saturated heterocycles. The Labute approximate surface area is 198 Å². The lowest BCUT2D eigenvalue weighted by atomic mass is 10.1. The van der Waals surface area contributed by atoms with E-state index >= 15 is 0 Å². The van der Waals surface area contributed by atoms with Gasteiger partial charge < -0.3 is 19.2 Å². The van der Waals surface area contributed by atoms with Gasteiger partial charge in [-0.1, -0.05) is 43.2 Å². The molecule has 1 heterocycles. The van der Waals surface area contributed by atoms with Crippen LogP contribution in [0.1, 0.15) is 30.9 Å². The van der Waals surface area contributed by atoms with Gasteiger partial charge in [-0.2, -0.15) is 0 Å². The molecule has 34 heavy (non-hydrogen) atoms. The first-order valence-electron chi connectivity index (χ1n) is 11.3. The lowest BCUT2D eigenvalue weighted by molar-refractivity contribution is -0.118. The van der Waals surface area contributed by atoms with Gasteiger partial charge in [-0.15, -0.1) is 0 Å². The maximum absolute atomic E-state index is 12.8. The number of unbranched alkanes of at least 4 members (excludes halogenated alkanes) is 1. The Morgan fingerprint density at radius 3 is 2.44 bits per heavy atom. The van der Waals surface area contributed by atoms with Gasteiger partial charge >= 0.3 is 0 Å². The molecule has 1 N–H and O–H groups in total. The molecule has 0 bridgehead atoms. The van der Waals surface area contributed by atoms with Crippen molar-refractivity contribution in [2.75, 3.05) is 11.9 Å². The van der Waals surface area contributed by atoms with Crippen LogP contribution in [-0.2, 0) is 11.2 Å². The van der Waals surface area contributed by atoms with Crippen molar-refractivity contribution in [2.45, 2.75) is 33.1 Å². The number of ether oxygens (including phenoxy) is 2. The highest BCUT2D eigenvalue weighted by Gasteiger charge is 2.11. The van der Waals surface area contributed by atoms with Crippen molar-refractivity contribution in [2.24, 2.45) is 0 Å². The molecule has 3 aromatic carbocycles. The first-order chi connectivity index (χ1) is 16.5. The minimum atomic E-state index is -0.284. The number of benzene rings is 3. The summed E-state index contributed by atoms with van der Waals surface area (Å²) in [7, 11) is 0. The number of aryl methyl sites for hydroxylation is 2. The lowest BCUT2D eigenvalue weighted by Crippen LogP contribution is -2.20. The lowest BCUT2D eigenvalue weighted by Gasteiger charge is -2.09. The summed E-state index contributed by atoms with van der Waals surface area (Å²) in [5, 5.41) is 3.19. The van der Waals surface area contributed by atoms with Gasteiger partial charge in [-0.25, -0.2) is 0 Å². The third-order valence-electron chi connectivity index (χ3n) is 5.39. The number of carbonyl (C=O) groups is 1. The summed E-state index contributed by atoms with van der Waals surface area (Å²) in [6.45, 7) is 3.97. The van der Waals surface area contributed by atoms with Crippen molar-refractivity contribution in [1.82, 2.24) is 0 Å². The van der Waals surface area contributed by atoms with E-state index in [9.17, 15) is 9.59 Å². The topological polar surface area (TPSA) is 77.8 Å². The normalized spacial score (nSPS) is 10.8. The fourth-order valence-corrected chi connectivity index (χ4v) is 3.47. The molecule has 0 aliphatic rings. The molecule has 0 radical (unpaired) electrons. The zero-order valence-corrected chi connectivity index (χ0v) is 19.3. The van der Waals surface area contributed by atoms with E-state index in [2.05, 4.69) is 12.2 Å². The van der Waals surface area contributed by atoms with E-state index in [0.29, 0.717) is 22.5 Å². The third-order valence-corrected chi connectivity index (χ3v) is 5.39. The molecule has 0 aliphatic heterocycles. The van der Waals surface area contributed by atoms with Crippen LogP contribution in [0.25, 0.3) is 11.0 Å². The summed E-state index contributed by atoms with van der Waals surface area (Å²) < 4.78 is 16.9. The maximum Gasteiger partial charge on any atom is 0.262 e. The van der Waals surface area contributed by atoms with Crippen molar-refractivity contribution in [1.29, 1.82) is 0 Å². The monoisotopic (exact) mass is 457 g/mol. The van der Waals surface area contributed by atoms with Gasteiger partial charge in [0, 0.05) is 11.8 Å². The average molecular weight is 458 g/mol. The second-order valence-electron chi connectivity index (χ2n) is 8.14. The fraction of sp³-hybridized carbons (Fsp3) is 0.214. The smallest absolute Gasteiger partial charge is 0.262 e. The van der Waals surface area contributed by atoms with Gasteiger partial charge in [-0.05, 0) is 61.7 Å². The minimum absolute atomic E-state index is 0.102. The first kappa shape index (κ1) is 23.1. The fourth-order valence-electron chi connectivity index (χ4n) is 3.47. The number of fused-ring (bicyclic) bond motifs is 1. The molecular formula is C28H27NO5. The van der Waals surface area contributed by atoms with Crippen molar-refractivity contribution in [3.63, 3.8) is 0 Å².